The zero-order valence-electron chi connectivity index (χ0n) is 13.6. The Hall–Kier alpha value is -2.78. The number of nitrogens with one attached hydrogen (secondary N) is 2. The van der Waals surface area contributed by atoms with E-state index >= 15 is 0 Å². The molecule has 3 aromatic rings. The van der Waals surface area contributed by atoms with Crippen LogP contribution in [0.15, 0.2) is 42.7 Å². The number of benzene rings is 2. The van der Waals surface area contributed by atoms with E-state index in [9.17, 15) is 8.42 Å². The van der Waals surface area contributed by atoms with Gasteiger partial charge in [-0.15, -0.1) is 12.4 Å². The summed E-state index contributed by atoms with van der Waals surface area (Å²) >= 11 is 0. The lowest BCUT2D eigenvalue weighted by atomic mass is 10.2. The fraction of sp³-hybridized carbons (Fsp3) is 0.125. The molecule has 2 aromatic carbocycles. The summed E-state index contributed by atoms with van der Waals surface area (Å²) < 4.78 is 36.0. The summed E-state index contributed by atoms with van der Waals surface area (Å²) in [6.07, 6.45) is 2.55. The van der Waals surface area contributed by atoms with Gasteiger partial charge in [-0.25, -0.2) is 18.4 Å². The van der Waals surface area contributed by atoms with Crippen molar-refractivity contribution in [1.82, 2.24) is 9.97 Å². The first-order valence-electron chi connectivity index (χ1n) is 7.37. The van der Waals surface area contributed by atoms with Gasteiger partial charge in [0.2, 0.25) is 16.8 Å². The molecule has 0 bridgehead atoms. The third-order valence-electron chi connectivity index (χ3n) is 3.56. The Bertz CT molecular complexity index is 1080. The lowest BCUT2D eigenvalue weighted by Gasteiger charge is -2.11. The monoisotopic (exact) mass is 394 g/mol. The fourth-order valence-corrected chi connectivity index (χ4v) is 3.11. The Morgan fingerprint density at radius 3 is 2.54 bits per heavy atom. The van der Waals surface area contributed by atoms with Crippen LogP contribution < -0.4 is 19.5 Å². The summed E-state index contributed by atoms with van der Waals surface area (Å²) in [5.74, 6) is 1.87. The van der Waals surface area contributed by atoms with Crippen LogP contribution in [0, 0.1) is 0 Å². The first-order chi connectivity index (χ1) is 12.0. The third kappa shape index (κ3) is 3.73. The summed E-state index contributed by atoms with van der Waals surface area (Å²) in [5, 5.41) is 3.95. The van der Waals surface area contributed by atoms with Gasteiger partial charge in [0.15, 0.2) is 11.5 Å². The predicted molar refractivity (Wildman–Crippen MR) is 101 cm³/mol. The first-order valence-corrected chi connectivity index (χ1v) is 9.26. The van der Waals surface area contributed by atoms with E-state index in [0.29, 0.717) is 34.2 Å². The molecule has 1 aromatic heterocycles. The SMILES string of the molecule is CS(=O)(=O)Nc1cccc(Nc2ncnc3cc4c(cc23)OCO4)c1.Cl. The second-order valence-electron chi connectivity index (χ2n) is 5.52. The molecule has 136 valence electrons. The molecule has 0 unspecified atom stereocenters. The lowest BCUT2D eigenvalue weighted by Crippen LogP contribution is -2.09. The Kier molecular flexibility index (Phi) is 4.75. The van der Waals surface area contributed by atoms with Crippen molar-refractivity contribution in [2.75, 3.05) is 23.1 Å². The zero-order valence-corrected chi connectivity index (χ0v) is 15.2. The number of hydrogen-bond acceptors (Lipinski definition) is 7. The molecule has 2 N–H and O–H groups in total. The van der Waals surface area contributed by atoms with Gasteiger partial charge in [-0.3, -0.25) is 4.72 Å². The van der Waals surface area contributed by atoms with Crippen molar-refractivity contribution in [3.05, 3.63) is 42.7 Å². The van der Waals surface area contributed by atoms with Gasteiger partial charge in [-0.1, -0.05) is 6.07 Å². The minimum atomic E-state index is -3.34. The van der Waals surface area contributed by atoms with Crippen LogP contribution in [-0.2, 0) is 10.0 Å². The van der Waals surface area contributed by atoms with E-state index in [4.69, 9.17) is 9.47 Å². The van der Waals surface area contributed by atoms with Crippen molar-refractivity contribution < 1.29 is 17.9 Å². The van der Waals surface area contributed by atoms with Gasteiger partial charge in [0.05, 0.1) is 17.5 Å². The number of ether oxygens (including phenoxy) is 2. The van der Waals surface area contributed by atoms with Crippen molar-refractivity contribution in [2.24, 2.45) is 0 Å². The molecule has 1 aliphatic rings. The van der Waals surface area contributed by atoms with Crippen LogP contribution in [0.25, 0.3) is 10.9 Å². The summed E-state index contributed by atoms with van der Waals surface area (Å²) in [4.78, 5) is 8.52. The fourth-order valence-electron chi connectivity index (χ4n) is 2.56. The Labute approximate surface area is 156 Å². The number of anilines is 3. The molecular weight excluding hydrogens is 380 g/mol. The molecule has 0 atom stereocenters. The van der Waals surface area contributed by atoms with Crippen molar-refractivity contribution in [3.8, 4) is 11.5 Å². The molecule has 8 nitrogen and oxygen atoms in total. The van der Waals surface area contributed by atoms with E-state index in [2.05, 4.69) is 20.0 Å². The normalized spacial score (nSPS) is 12.5. The number of halogens is 1. The van der Waals surface area contributed by atoms with Crippen molar-refractivity contribution in [2.45, 2.75) is 0 Å². The molecule has 2 heterocycles. The highest BCUT2D eigenvalue weighted by Gasteiger charge is 2.16. The summed E-state index contributed by atoms with van der Waals surface area (Å²) in [7, 11) is -3.34. The molecule has 0 amide bonds. The molecule has 0 saturated carbocycles. The zero-order chi connectivity index (χ0) is 17.4. The lowest BCUT2D eigenvalue weighted by molar-refractivity contribution is 0.174. The van der Waals surface area contributed by atoms with E-state index in [0.717, 1.165) is 11.6 Å². The smallest absolute Gasteiger partial charge is 0.231 e. The van der Waals surface area contributed by atoms with Crippen molar-refractivity contribution in [1.29, 1.82) is 0 Å². The second kappa shape index (κ2) is 6.85. The summed E-state index contributed by atoms with van der Waals surface area (Å²) in [6, 6.07) is 10.5. The Morgan fingerprint density at radius 2 is 1.77 bits per heavy atom. The van der Waals surface area contributed by atoms with E-state index in [1.807, 2.05) is 12.1 Å². The number of nitrogens with zero attached hydrogens (tertiary/aromatic N) is 2. The van der Waals surface area contributed by atoms with E-state index in [1.165, 1.54) is 6.33 Å². The summed E-state index contributed by atoms with van der Waals surface area (Å²) in [5.41, 5.74) is 1.86. The second-order valence-corrected chi connectivity index (χ2v) is 7.27. The molecular formula is C16H15ClN4O4S. The molecule has 0 fully saturated rings. The van der Waals surface area contributed by atoms with Crippen molar-refractivity contribution in [3.63, 3.8) is 0 Å². The van der Waals surface area contributed by atoms with Gasteiger partial charge in [0.1, 0.15) is 12.1 Å². The number of rotatable bonds is 4. The van der Waals surface area contributed by atoms with E-state index in [-0.39, 0.29) is 19.2 Å². The van der Waals surface area contributed by atoms with Gasteiger partial charge < -0.3 is 14.8 Å². The minimum absolute atomic E-state index is 0. The average Bonchev–Trinajstić information content (AvgIpc) is 2.99. The Balaban J connectivity index is 0.00000196. The maximum atomic E-state index is 11.4. The average molecular weight is 395 g/mol. The topological polar surface area (TPSA) is 102 Å². The van der Waals surface area contributed by atoms with Gasteiger partial charge in [0.25, 0.3) is 0 Å². The highest BCUT2D eigenvalue weighted by molar-refractivity contribution is 7.92. The van der Waals surface area contributed by atoms with Gasteiger partial charge >= 0.3 is 0 Å². The molecule has 10 heteroatoms. The molecule has 4 rings (SSSR count). The highest BCUT2D eigenvalue weighted by Crippen LogP contribution is 2.37. The number of fused-ring (bicyclic) bond motifs is 2. The predicted octanol–water partition coefficient (Wildman–Crippen LogP) is 2.90. The first kappa shape index (κ1) is 18.0. The largest absolute Gasteiger partial charge is 0.454 e. The molecule has 0 saturated heterocycles. The molecule has 1 aliphatic heterocycles. The van der Waals surface area contributed by atoms with E-state index in [1.54, 1.807) is 24.3 Å². The number of aromatic nitrogens is 2. The van der Waals surface area contributed by atoms with Crippen LogP contribution in [-0.4, -0.2) is 31.4 Å². The quantitative estimate of drug-likeness (QED) is 0.701. The van der Waals surface area contributed by atoms with Crippen LogP contribution >= 0.6 is 12.4 Å². The van der Waals surface area contributed by atoms with E-state index < -0.39 is 10.0 Å². The van der Waals surface area contributed by atoms with Crippen LogP contribution in [0.1, 0.15) is 0 Å². The minimum Gasteiger partial charge on any atom is -0.454 e. The standard InChI is InChI=1S/C16H14N4O4S.ClH/c1-25(21,22)20-11-4-2-3-10(5-11)19-16-12-6-14-15(24-9-23-14)7-13(12)17-8-18-16;/h2-8,20H,9H2,1H3,(H,17,18,19);1H. The van der Waals surface area contributed by atoms with Crippen LogP contribution in [0.3, 0.4) is 0 Å². The molecule has 0 radical (unpaired) electrons. The number of sulfonamides is 1. The van der Waals surface area contributed by atoms with Crippen LogP contribution in [0.2, 0.25) is 0 Å². The van der Waals surface area contributed by atoms with Gasteiger partial charge in [0, 0.05) is 17.1 Å². The van der Waals surface area contributed by atoms with Crippen molar-refractivity contribution >= 4 is 50.5 Å². The maximum absolute atomic E-state index is 11.4. The molecule has 0 spiro atoms. The summed E-state index contributed by atoms with van der Waals surface area (Å²) in [6.45, 7) is 0.182. The molecule has 26 heavy (non-hydrogen) atoms. The van der Waals surface area contributed by atoms with Gasteiger partial charge in [-0.2, -0.15) is 0 Å². The van der Waals surface area contributed by atoms with Crippen LogP contribution in [0.5, 0.6) is 11.5 Å². The number of hydrogen-bond donors (Lipinski definition) is 2. The maximum Gasteiger partial charge on any atom is 0.231 e. The molecule has 0 aliphatic carbocycles. The van der Waals surface area contributed by atoms with Crippen LogP contribution in [0.4, 0.5) is 17.2 Å². The van der Waals surface area contributed by atoms with Gasteiger partial charge in [-0.05, 0) is 24.3 Å². The highest BCUT2D eigenvalue weighted by atomic mass is 35.5. The third-order valence-corrected chi connectivity index (χ3v) is 4.16. The Morgan fingerprint density at radius 1 is 1.04 bits per heavy atom.